The fourth-order valence-electron chi connectivity index (χ4n) is 3.97. The van der Waals surface area contributed by atoms with Gasteiger partial charge >= 0.3 is 12.1 Å². The van der Waals surface area contributed by atoms with Gasteiger partial charge < -0.3 is 25.0 Å². The van der Waals surface area contributed by atoms with Gasteiger partial charge in [0.2, 0.25) is 11.8 Å². The van der Waals surface area contributed by atoms with Crippen molar-refractivity contribution in [1.29, 1.82) is 0 Å². The molecule has 1 aromatic rings. The number of alkyl carbamates (subject to hydrolysis) is 1. The van der Waals surface area contributed by atoms with E-state index in [4.69, 9.17) is 9.47 Å². The Balaban J connectivity index is 2.36. The van der Waals surface area contributed by atoms with E-state index >= 15 is 0 Å². The van der Waals surface area contributed by atoms with Crippen LogP contribution in [0.4, 0.5) is 4.79 Å². The summed E-state index contributed by atoms with van der Waals surface area (Å²) in [6.45, 7) is 13.1. The first-order valence-electron chi connectivity index (χ1n) is 13.2. The molecule has 1 aliphatic carbocycles. The number of hydrogen-bond acceptors (Lipinski definition) is 6. The molecule has 1 saturated carbocycles. The zero-order chi connectivity index (χ0) is 27.8. The van der Waals surface area contributed by atoms with Crippen molar-refractivity contribution >= 4 is 23.9 Å². The standard InChI is InChI=1S/C28H43N3O6/c1-8-19-10-12-20(13-11-19)24(25(33)29-17-16-22(32)36-9-2)31(21-14-15-21)26(34)23(18(3)4)30-27(35)37-28(5,6)7/h10-13,18,21,23-24H,8-9,14-17H2,1-7H3,(H,29,33)(H,30,35). The summed E-state index contributed by atoms with van der Waals surface area (Å²) in [5.74, 6) is -1.36. The summed E-state index contributed by atoms with van der Waals surface area (Å²) in [4.78, 5) is 53.5. The van der Waals surface area contributed by atoms with Crippen LogP contribution in [0.1, 0.15) is 84.9 Å². The fourth-order valence-corrected chi connectivity index (χ4v) is 3.97. The van der Waals surface area contributed by atoms with Crippen LogP contribution in [0.3, 0.4) is 0 Å². The summed E-state index contributed by atoms with van der Waals surface area (Å²) in [7, 11) is 0. The van der Waals surface area contributed by atoms with Gasteiger partial charge in [-0.3, -0.25) is 14.4 Å². The summed E-state index contributed by atoms with van der Waals surface area (Å²) in [6.07, 6.45) is 1.73. The molecule has 0 spiro atoms. The Labute approximate surface area is 220 Å². The maximum Gasteiger partial charge on any atom is 0.408 e. The summed E-state index contributed by atoms with van der Waals surface area (Å²) in [5, 5.41) is 5.54. The van der Waals surface area contributed by atoms with E-state index < -0.39 is 29.7 Å². The molecule has 2 unspecified atom stereocenters. The number of amides is 3. The Morgan fingerprint density at radius 2 is 1.68 bits per heavy atom. The Morgan fingerprint density at radius 1 is 1.05 bits per heavy atom. The number of carbonyl (C=O) groups excluding carboxylic acids is 4. The summed E-state index contributed by atoms with van der Waals surface area (Å²) >= 11 is 0. The van der Waals surface area contributed by atoms with E-state index in [1.807, 2.05) is 45.0 Å². The highest BCUT2D eigenvalue weighted by atomic mass is 16.6. The predicted octanol–water partition coefficient (Wildman–Crippen LogP) is 3.90. The molecule has 0 aliphatic heterocycles. The quantitative estimate of drug-likeness (QED) is 0.407. The van der Waals surface area contributed by atoms with E-state index in [-0.39, 0.29) is 43.3 Å². The van der Waals surface area contributed by atoms with Gasteiger partial charge in [0.1, 0.15) is 17.7 Å². The van der Waals surface area contributed by atoms with Gasteiger partial charge in [0.05, 0.1) is 13.0 Å². The SMILES string of the molecule is CCOC(=O)CCNC(=O)C(c1ccc(CC)cc1)N(C(=O)C(NC(=O)OC(C)(C)C)C(C)C)C1CC1. The minimum Gasteiger partial charge on any atom is -0.466 e. The number of carbonyl (C=O) groups is 4. The summed E-state index contributed by atoms with van der Waals surface area (Å²) < 4.78 is 10.3. The molecule has 0 saturated heterocycles. The van der Waals surface area contributed by atoms with Crippen LogP contribution in [-0.4, -0.2) is 59.6 Å². The smallest absolute Gasteiger partial charge is 0.408 e. The Hall–Kier alpha value is -3.10. The molecule has 9 heteroatoms. The van der Waals surface area contributed by atoms with Crippen molar-refractivity contribution in [3.8, 4) is 0 Å². The van der Waals surface area contributed by atoms with Crippen LogP contribution >= 0.6 is 0 Å². The first-order valence-corrected chi connectivity index (χ1v) is 13.2. The van der Waals surface area contributed by atoms with Gasteiger partial charge in [0.15, 0.2) is 0 Å². The Bertz CT molecular complexity index is 934. The highest BCUT2D eigenvalue weighted by Crippen LogP contribution is 2.36. The van der Waals surface area contributed by atoms with E-state index in [1.54, 1.807) is 32.6 Å². The molecule has 206 valence electrons. The normalized spacial score (nSPS) is 14.9. The molecule has 0 bridgehead atoms. The molecule has 2 atom stereocenters. The lowest BCUT2D eigenvalue weighted by atomic mass is 9.97. The predicted molar refractivity (Wildman–Crippen MR) is 141 cm³/mol. The van der Waals surface area contributed by atoms with Crippen molar-refractivity contribution in [1.82, 2.24) is 15.5 Å². The van der Waals surface area contributed by atoms with Crippen LogP contribution in [0.5, 0.6) is 0 Å². The first-order chi connectivity index (χ1) is 17.4. The number of rotatable bonds is 12. The molecule has 2 rings (SSSR count). The van der Waals surface area contributed by atoms with Crippen LogP contribution in [0.25, 0.3) is 0 Å². The van der Waals surface area contributed by atoms with Crippen LogP contribution < -0.4 is 10.6 Å². The van der Waals surface area contributed by atoms with E-state index in [1.165, 1.54) is 0 Å². The van der Waals surface area contributed by atoms with Gasteiger partial charge in [-0.1, -0.05) is 45.0 Å². The van der Waals surface area contributed by atoms with Crippen LogP contribution in [-0.2, 0) is 30.3 Å². The zero-order valence-corrected chi connectivity index (χ0v) is 23.3. The largest absolute Gasteiger partial charge is 0.466 e. The third kappa shape index (κ3) is 9.37. The summed E-state index contributed by atoms with van der Waals surface area (Å²) in [6, 6.07) is 5.72. The zero-order valence-electron chi connectivity index (χ0n) is 23.3. The third-order valence-corrected chi connectivity index (χ3v) is 5.96. The number of esters is 1. The topological polar surface area (TPSA) is 114 Å². The highest BCUT2D eigenvalue weighted by Gasteiger charge is 2.44. The van der Waals surface area contributed by atoms with Crippen LogP contribution in [0, 0.1) is 5.92 Å². The van der Waals surface area contributed by atoms with Gasteiger partial charge in [0, 0.05) is 12.6 Å². The average molecular weight is 518 g/mol. The Kier molecular flexibility index (Phi) is 10.9. The van der Waals surface area contributed by atoms with Gasteiger partial charge in [-0.15, -0.1) is 0 Å². The van der Waals surface area contributed by atoms with Crippen molar-refractivity contribution in [2.75, 3.05) is 13.2 Å². The lowest BCUT2D eigenvalue weighted by molar-refractivity contribution is -0.145. The minimum atomic E-state index is -0.908. The number of hydrogen-bond donors (Lipinski definition) is 2. The van der Waals surface area contributed by atoms with Crippen molar-refractivity contribution < 1.29 is 28.7 Å². The minimum absolute atomic E-state index is 0.0350. The molecule has 2 N–H and O–H groups in total. The number of nitrogens with one attached hydrogen (secondary N) is 2. The second-order valence-corrected chi connectivity index (χ2v) is 10.7. The van der Waals surface area contributed by atoms with Crippen molar-refractivity contribution in [2.45, 2.75) is 97.9 Å². The second-order valence-electron chi connectivity index (χ2n) is 10.7. The third-order valence-electron chi connectivity index (χ3n) is 5.96. The molecule has 3 amide bonds. The van der Waals surface area contributed by atoms with Crippen molar-refractivity contribution in [3.05, 3.63) is 35.4 Å². The summed E-state index contributed by atoms with van der Waals surface area (Å²) in [5.41, 5.74) is 1.07. The average Bonchev–Trinajstić information content (AvgIpc) is 3.64. The maximum absolute atomic E-state index is 14.0. The number of ether oxygens (including phenoxy) is 2. The number of nitrogens with zero attached hydrogens (tertiary/aromatic N) is 1. The van der Waals surface area contributed by atoms with Crippen LogP contribution in [0.15, 0.2) is 24.3 Å². The van der Waals surface area contributed by atoms with E-state index in [2.05, 4.69) is 10.6 Å². The molecule has 1 fully saturated rings. The molecule has 1 aromatic carbocycles. The van der Waals surface area contributed by atoms with Crippen LogP contribution in [0.2, 0.25) is 0 Å². The lowest BCUT2D eigenvalue weighted by Crippen LogP contribution is -2.55. The van der Waals surface area contributed by atoms with E-state index in [0.29, 0.717) is 5.56 Å². The van der Waals surface area contributed by atoms with Crippen molar-refractivity contribution in [2.24, 2.45) is 5.92 Å². The fraction of sp³-hybridized carbons (Fsp3) is 0.643. The van der Waals surface area contributed by atoms with E-state index in [0.717, 1.165) is 24.8 Å². The molecular formula is C28H43N3O6. The molecule has 37 heavy (non-hydrogen) atoms. The second kappa shape index (κ2) is 13.4. The molecule has 0 heterocycles. The monoisotopic (exact) mass is 517 g/mol. The van der Waals surface area contributed by atoms with Crippen molar-refractivity contribution in [3.63, 3.8) is 0 Å². The molecule has 0 radical (unpaired) electrons. The number of aryl methyl sites for hydroxylation is 1. The van der Waals surface area contributed by atoms with E-state index in [9.17, 15) is 19.2 Å². The lowest BCUT2D eigenvalue weighted by Gasteiger charge is -2.35. The maximum atomic E-state index is 14.0. The van der Waals surface area contributed by atoms with Gasteiger partial charge in [-0.2, -0.15) is 0 Å². The van der Waals surface area contributed by atoms with Gasteiger partial charge in [-0.05, 0) is 64.0 Å². The molecule has 0 aromatic heterocycles. The molecule has 9 nitrogen and oxygen atoms in total. The van der Waals surface area contributed by atoms with Gasteiger partial charge in [0.25, 0.3) is 0 Å². The number of benzene rings is 1. The molecule has 1 aliphatic rings. The highest BCUT2D eigenvalue weighted by molar-refractivity contribution is 5.92. The van der Waals surface area contributed by atoms with Gasteiger partial charge in [-0.25, -0.2) is 4.79 Å². The molecular weight excluding hydrogens is 474 g/mol. The first kappa shape index (κ1) is 30.1. The Morgan fingerprint density at radius 3 is 2.16 bits per heavy atom.